The molecule has 6 aromatic carbocycles. The summed E-state index contributed by atoms with van der Waals surface area (Å²) in [7, 11) is -20.7. The molecule has 312 valence electrons. The Labute approximate surface area is 451 Å². The van der Waals surface area contributed by atoms with Crippen molar-refractivity contribution in [3.63, 3.8) is 0 Å². The van der Waals surface area contributed by atoms with Gasteiger partial charge in [-0.3, -0.25) is 0 Å². The minimum atomic E-state index is -5.35. The summed E-state index contributed by atoms with van der Waals surface area (Å²) in [6, 6.07) is 12.4. The molecule has 6 rings (SSSR count). The number of nitrogens with one attached hydrogen (secondary N) is 2. The maximum atomic E-state index is 12.9. The molecular formula is C33H22N8Na4O15S4. The smallest absolute Gasteiger partial charge is 0.744 e. The number of urea groups is 1. The molecule has 6 aromatic rings. The Morgan fingerprint density at radius 1 is 0.484 bits per heavy atom. The molecule has 0 radical (unpaired) electrons. The number of nitrogens with two attached hydrogens (primary N) is 2. The number of anilines is 4. The van der Waals surface area contributed by atoms with E-state index in [1.54, 1.807) is 0 Å². The number of hydrogen-bond acceptors (Lipinski definition) is 21. The molecule has 31 heteroatoms. The maximum Gasteiger partial charge on any atom is 1.00 e. The first-order valence-corrected chi connectivity index (χ1v) is 21.6. The normalized spacial score (nSPS) is 11.9. The molecule has 0 aliphatic heterocycles. The summed E-state index contributed by atoms with van der Waals surface area (Å²) in [5, 5.41) is 40.2. The van der Waals surface area contributed by atoms with E-state index in [0.717, 1.165) is 36.4 Å². The standard InChI is InChI=1S/C33H26N8O15S4.4Na/c34-21-5-1-15-9-19(57(45,46)47)13-25(42)29(15)31(21)40-38-23-7-3-17(11-27(23)59(51,52)53)36-33(44)37-18-4-8-24(28(12-18)60(54,55)56)39-41-32-22(35)6-2-16-10-20(58(48,49)50)14-26(43)30(16)32;;;;/h1-14,42-43H,34-35H2,(H2,36,37,44)(H,45,46,47)(H,48,49,50)(H,51,52,53)(H,54,55,56);;;;/q;4*+1/p-4. The molecule has 0 atom stereocenters. The SMILES string of the molecule is Nc1ccc2cc(S(=O)(=O)[O-])cc(O)c2c1N=Nc1ccc(NC(=O)Nc2ccc(N=Nc3c(N)ccc4cc(S(=O)(=O)[O-])cc(O)c34)c(S(=O)(=O)[O-])c2)cc1S(=O)(=O)[O-].[Na+].[Na+].[Na+].[Na+]. The van der Waals surface area contributed by atoms with Gasteiger partial charge < -0.3 is 50.5 Å². The number of nitrogens with zero attached hydrogens (tertiary/aromatic N) is 4. The number of hydrogen-bond donors (Lipinski definition) is 6. The Bertz CT molecular complexity index is 3140. The Morgan fingerprint density at radius 2 is 0.828 bits per heavy atom. The Kier molecular flexibility index (Phi) is 19.6. The van der Waals surface area contributed by atoms with E-state index in [0.29, 0.717) is 24.3 Å². The molecule has 0 heterocycles. The van der Waals surface area contributed by atoms with Crippen molar-refractivity contribution in [3.8, 4) is 11.5 Å². The molecule has 0 spiro atoms. The average Bonchev–Trinajstić information content (AvgIpc) is 3.13. The van der Waals surface area contributed by atoms with Crippen LogP contribution in [-0.2, 0) is 40.5 Å². The fourth-order valence-corrected chi connectivity index (χ4v) is 7.91. The van der Waals surface area contributed by atoms with Crippen molar-refractivity contribution in [1.29, 1.82) is 0 Å². The van der Waals surface area contributed by atoms with Crippen LogP contribution >= 0.6 is 0 Å². The number of amides is 2. The van der Waals surface area contributed by atoms with Gasteiger partial charge >= 0.3 is 124 Å². The quantitative estimate of drug-likeness (QED) is 0.0321. The summed E-state index contributed by atoms with van der Waals surface area (Å²) in [5.41, 5.74) is 9.22. The van der Waals surface area contributed by atoms with Gasteiger partial charge in [0.15, 0.2) is 0 Å². The first-order valence-electron chi connectivity index (χ1n) is 15.9. The molecule has 0 saturated carbocycles. The number of rotatable bonds is 10. The van der Waals surface area contributed by atoms with Crippen molar-refractivity contribution >= 4 is 114 Å². The Balaban J connectivity index is 0.00000352. The van der Waals surface area contributed by atoms with E-state index in [-0.39, 0.29) is 174 Å². The van der Waals surface area contributed by atoms with Gasteiger partial charge in [0.05, 0.1) is 41.7 Å². The summed E-state index contributed by atoms with van der Waals surface area (Å²) < 4.78 is 142. The minimum Gasteiger partial charge on any atom is -0.744 e. The largest absolute Gasteiger partial charge is 1.00 e. The summed E-state index contributed by atoms with van der Waals surface area (Å²) in [4.78, 5) is 9.34. The van der Waals surface area contributed by atoms with Crippen LogP contribution in [0.2, 0.25) is 0 Å². The third-order valence-electron chi connectivity index (χ3n) is 8.22. The van der Waals surface area contributed by atoms with Gasteiger partial charge in [-0.2, -0.15) is 0 Å². The van der Waals surface area contributed by atoms with Crippen molar-refractivity contribution in [1.82, 2.24) is 0 Å². The van der Waals surface area contributed by atoms with Gasteiger partial charge in [0, 0.05) is 11.4 Å². The molecule has 0 aliphatic carbocycles. The number of benzene rings is 6. The van der Waals surface area contributed by atoms with E-state index >= 15 is 0 Å². The first kappa shape index (κ1) is 57.3. The van der Waals surface area contributed by atoms with Gasteiger partial charge in [0.25, 0.3) is 0 Å². The van der Waals surface area contributed by atoms with Crippen LogP contribution in [0.4, 0.5) is 50.3 Å². The third kappa shape index (κ3) is 13.2. The number of phenols is 2. The van der Waals surface area contributed by atoms with Crippen LogP contribution in [0.5, 0.6) is 11.5 Å². The van der Waals surface area contributed by atoms with Crippen LogP contribution in [0.15, 0.2) is 125 Å². The zero-order valence-corrected chi connectivity index (χ0v) is 44.6. The van der Waals surface area contributed by atoms with Crippen molar-refractivity contribution in [2.45, 2.75) is 19.6 Å². The minimum absolute atomic E-state index is 0. The summed E-state index contributed by atoms with van der Waals surface area (Å²) in [5.74, 6) is -1.48. The molecule has 23 nitrogen and oxygen atoms in total. The van der Waals surface area contributed by atoms with Crippen LogP contribution in [0.3, 0.4) is 0 Å². The van der Waals surface area contributed by atoms with E-state index in [2.05, 4.69) is 31.1 Å². The van der Waals surface area contributed by atoms with E-state index in [4.69, 9.17) is 11.5 Å². The topological polar surface area (TPSA) is 412 Å². The van der Waals surface area contributed by atoms with Gasteiger partial charge in [-0.1, -0.05) is 12.1 Å². The zero-order valence-electron chi connectivity index (χ0n) is 33.4. The number of phenolic OH excluding ortho intramolecular Hbond substituents is 2. The monoisotopic (exact) mass is 990 g/mol. The predicted octanol–water partition coefficient (Wildman–Crippen LogP) is -7.32. The van der Waals surface area contributed by atoms with Gasteiger partial charge in [0.2, 0.25) is 0 Å². The second-order valence-corrected chi connectivity index (χ2v) is 17.7. The molecule has 0 aliphatic rings. The summed E-state index contributed by atoms with van der Waals surface area (Å²) >= 11 is 0. The van der Waals surface area contributed by atoms with E-state index in [1.807, 2.05) is 0 Å². The predicted molar refractivity (Wildman–Crippen MR) is 206 cm³/mol. The zero-order chi connectivity index (χ0) is 44.1. The summed E-state index contributed by atoms with van der Waals surface area (Å²) in [6.07, 6.45) is 0. The van der Waals surface area contributed by atoms with Crippen molar-refractivity contribution in [3.05, 3.63) is 84.9 Å². The molecule has 8 N–H and O–H groups in total. The molecule has 0 bridgehead atoms. The number of carbonyl (C=O) groups is 1. The molecule has 0 aromatic heterocycles. The molecule has 0 fully saturated rings. The fraction of sp³-hybridized carbons (Fsp3) is 0. The first-order chi connectivity index (χ1) is 27.8. The van der Waals surface area contributed by atoms with Crippen molar-refractivity contribution in [2.75, 3.05) is 22.1 Å². The van der Waals surface area contributed by atoms with Crippen LogP contribution in [0.1, 0.15) is 0 Å². The Hall–Kier alpha value is -2.85. The molecular weight excluding hydrogens is 969 g/mol. The van der Waals surface area contributed by atoms with Crippen LogP contribution in [-0.4, -0.2) is 68.1 Å². The van der Waals surface area contributed by atoms with E-state index < -0.39 is 89.0 Å². The van der Waals surface area contributed by atoms with E-state index in [1.165, 1.54) is 24.3 Å². The average molecular weight is 991 g/mol. The molecule has 0 unspecified atom stereocenters. The fourth-order valence-electron chi connectivity index (χ4n) is 5.58. The van der Waals surface area contributed by atoms with Crippen LogP contribution in [0, 0.1) is 0 Å². The number of azo groups is 2. The van der Waals surface area contributed by atoms with Crippen LogP contribution < -0.4 is 140 Å². The van der Waals surface area contributed by atoms with Crippen LogP contribution in [0.25, 0.3) is 21.5 Å². The second-order valence-electron chi connectivity index (χ2n) is 12.2. The second kappa shape index (κ2) is 21.8. The summed E-state index contributed by atoms with van der Waals surface area (Å²) in [6.45, 7) is 0. The Morgan fingerprint density at radius 3 is 1.14 bits per heavy atom. The number of nitrogen functional groups attached to an aromatic ring is 2. The number of carbonyl (C=O) groups excluding carboxylic acids is 1. The number of fused-ring (bicyclic) bond motifs is 2. The molecule has 2 amide bonds. The molecule has 0 saturated heterocycles. The van der Waals surface area contributed by atoms with Crippen molar-refractivity contribution < 1.29 is 185 Å². The molecule has 64 heavy (non-hydrogen) atoms. The van der Waals surface area contributed by atoms with Gasteiger partial charge in [0.1, 0.15) is 74.7 Å². The maximum absolute atomic E-state index is 12.9. The van der Waals surface area contributed by atoms with Gasteiger partial charge in [-0.05, 0) is 83.6 Å². The van der Waals surface area contributed by atoms with Gasteiger partial charge in [-0.15, -0.1) is 20.5 Å². The van der Waals surface area contributed by atoms with Gasteiger partial charge in [-0.25, -0.2) is 38.5 Å². The van der Waals surface area contributed by atoms with E-state index in [9.17, 15) is 66.9 Å². The number of aromatic hydroxyl groups is 2. The van der Waals surface area contributed by atoms with Crippen molar-refractivity contribution in [2.24, 2.45) is 20.5 Å². The third-order valence-corrected chi connectivity index (χ3v) is 11.6.